The molecule has 0 saturated carbocycles. The van der Waals surface area contributed by atoms with Crippen molar-refractivity contribution in [2.24, 2.45) is 0 Å². The zero-order chi connectivity index (χ0) is 37.4. The quantitative estimate of drug-likeness (QED) is 0.0862. The molecule has 10 aromatic rings. The van der Waals surface area contributed by atoms with Crippen molar-refractivity contribution in [3.8, 4) is 79.7 Å². The standard InChI is InChI=1S/C45H28N4O6/c50-37-36(38(51)40(53)41(54)39(37)52)45-47-43(25-14-5-2-6-15-25)46-44(48-45)29-19-9-18-28-35-32(22-11-23-33(35)55-42(28)29)49-30-20-8-7-16-27(30)34-26(17-10-21-31(34)49)24-12-3-1-4-13-24/h1-23,50-54H. The van der Waals surface area contributed by atoms with Crippen LogP contribution in [-0.4, -0.2) is 45.1 Å². The van der Waals surface area contributed by atoms with E-state index in [2.05, 4.69) is 69.1 Å². The van der Waals surface area contributed by atoms with E-state index in [1.807, 2.05) is 66.7 Å². The van der Waals surface area contributed by atoms with Crippen molar-refractivity contribution in [3.63, 3.8) is 0 Å². The summed E-state index contributed by atoms with van der Waals surface area (Å²) in [6.07, 6.45) is 0. The summed E-state index contributed by atoms with van der Waals surface area (Å²) in [7, 11) is 0. The molecule has 55 heavy (non-hydrogen) atoms. The van der Waals surface area contributed by atoms with Crippen LogP contribution in [-0.2, 0) is 0 Å². The van der Waals surface area contributed by atoms with Crippen LogP contribution in [0.25, 0.3) is 94.7 Å². The van der Waals surface area contributed by atoms with Crippen LogP contribution in [0.2, 0.25) is 0 Å². The number of phenolic OH excluding ortho intramolecular Hbond substituents is 5. The number of phenols is 5. The molecule has 10 heteroatoms. The first-order valence-corrected chi connectivity index (χ1v) is 17.4. The number of para-hydroxylation sites is 2. The fourth-order valence-corrected chi connectivity index (χ4v) is 7.55. The summed E-state index contributed by atoms with van der Waals surface area (Å²) in [5, 5.41) is 56.5. The van der Waals surface area contributed by atoms with Gasteiger partial charge in [0.15, 0.2) is 29.0 Å². The van der Waals surface area contributed by atoms with Gasteiger partial charge in [-0.25, -0.2) is 15.0 Å². The van der Waals surface area contributed by atoms with Gasteiger partial charge in [-0.1, -0.05) is 109 Å². The fourth-order valence-electron chi connectivity index (χ4n) is 7.55. The van der Waals surface area contributed by atoms with Gasteiger partial charge in [0.1, 0.15) is 16.7 Å². The Bertz CT molecular complexity index is 3130. The number of furan rings is 1. The fraction of sp³-hybridized carbons (Fsp3) is 0. The second kappa shape index (κ2) is 12.1. The van der Waals surface area contributed by atoms with E-state index in [0.717, 1.165) is 49.4 Å². The van der Waals surface area contributed by atoms with Gasteiger partial charge in [0.2, 0.25) is 17.2 Å². The Labute approximate surface area is 311 Å². The molecule has 3 aromatic heterocycles. The second-order valence-corrected chi connectivity index (χ2v) is 13.1. The Morgan fingerprint density at radius 1 is 0.418 bits per heavy atom. The Hall–Kier alpha value is -7.85. The van der Waals surface area contributed by atoms with Gasteiger partial charge in [0.25, 0.3) is 0 Å². The maximum absolute atomic E-state index is 10.9. The lowest BCUT2D eigenvalue weighted by molar-refractivity contribution is 0.329. The molecule has 0 unspecified atom stereocenters. The first-order valence-electron chi connectivity index (χ1n) is 17.4. The average Bonchev–Trinajstić information content (AvgIpc) is 3.79. The van der Waals surface area contributed by atoms with Crippen molar-refractivity contribution >= 4 is 43.7 Å². The van der Waals surface area contributed by atoms with E-state index in [1.54, 1.807) is 18.2 Å². The Morgan fingerprint density at radius 2 is 0.982 bits per heavy atom. The van der Waals surface area contributed by atoms with Crippen molar-refractivity contribution < 1.29 is 29.9 Å². The largest absolute Gasteiger partial charge is 0.504 e. The molecule has 3 heterocycles. The second-order valence-electron chi connectivity index (χ2n) is 13.1. The lowest BCUT2D eigenvalue weighted by Crippen LogP contribution is -2.01. The Kier molecular flexibility index (Phi) is 7.01. The number of rotatable bonds is 5. The number of nitrogens with zero attached hydrogens (tertiary/aromatic N) is 4. The summed E-state index contributed by atoms with van der Waals surface area (Å²) in [6.45, 7) is 0. The van der Waals surface area contributed by atoms with Gasteiger partial charge in [-0.05, 0) is 41.5 Å². The Morgan fingerprint density at radius 3 is 1.75 bits per heavy atom. The minimum Gasteiger partial charge on any atom is -0.504 e. The summed E-state index contributed by atoms with van der Waals surface area (Å²) in [5.74, 6) is -4.96. The van der Waals surface area contributed by atoms with Crippen molar-refractivity contribution in [2.45, 2.75) is 0 Å². The molecule has 0 spiro atoms. The molecular formula is C45H28N4O6. The summed E-state index contributed by atoms with van der Waals surface area (Å²) < 4.78 is 8.93. The molecule has 10 nitrogen and oxygen atoms in total. The predicted octanol–water partition coefficient (Wildman–Crippen LogP) is 10.1. The highest BCUT2D eigenvalue weighted by Gasteiger charge is 2.28. The normalized spacial score (nSPS) is 11.6. The average molecular weight is 721 g/mol. The van der Waals surface area contributed by atoms with E-state index in [4.69, 9.17) is 9.40 Å². The van der Waals surface area contributed by atoms with Gasteiger partial charge >= 0.3 is 0 Å². The number of hydrogen-bond acceptors (Lipinski definition) is 9. The van der Waals surface area contributed by atoms with Crippen molar-refractivity contribution in [3.05, 3.63) is 140 Å². The van der Waals surface area contributed by atoms with Crippen LogP contribution in [0.3, 0.4) is 0 Å². The minimum atomic E-state index is -1.08. The highest BCUT2D eigenvalue weighted by Crippen LogP contribution is 2.54. The molecule has 0 fully saturated rings. The van der Waals surface area contributed by atoms with Crippen molar-refractivity contribution in [1.82, 2.24) is 19.5 Å². The van der Waals surface area contributed by atoms with E-state index < -0.39 is 34.3 Å². The molecule has 264 valence electrons. The lowest BCUT2D eigenvalue weighted by atomic mass is 9.99. The molecule has 0 saturated heterocycles. The SMILES string of the molecule is Oc1c(O)c(O)c(-c2nc(-c3ccccc3)nc(-c3cccc4c3oc3cccc(-n5c6ccccc6c6c(-c7ccccc7)cccc65)c34)n2)c(O)c1O. The van der Waals surface area contributed by atoms with E-state index in [1.165, 1.54) is 0 Å². The topological polar surface area (TPSA) is 158 Å². The third-order valence-electron chi connectivity index (χ3n) is 10.0. The third kappa shape index (κ3) is 4.78. The molecule has 10 rings (SSSR count). The van der Waals surface area contributed by atoms with E-state index in [0.29, 0.717) is 22.3 Å². The van der Waals surface area contributed by atoms with Crippen LogP contribution in [0.15, 0.2) is 144 Å². The molecule has 7 aromatic carbocycles. The Balaban J connectivity index is 1.24. The zero-order valence-electron chi connectivity index (χ0n) is 28.7. The molecule has 0 amide bonds. The molecule has 0 atom stereocenters. The van der Waals surface area contributed by atoms with Gasteiger partial charge in [-0.15, -0.1) is 0 Å². The van der Waals surface area contributed by atoms with Crippen LogP contribution in [0.5, 0.6) is 28.7 Å². The van der Waals surface area contributed by atoms with Gasteiger partial charge in [0.05, 0.1) is 27.7 Å². The number of fused-ring (bicyclic) bond motifs is 6. The van der Waals surface area contributed by atoms with Gasteiger partial charge in [0, 0.05) is 21.7 Å². The van der Waals surface area contributed by atoms with Crippen LogP contribution in [0.1, 0.15) is 0 Å². The lowest BCUT2D eigenvalue weighted by Gasteiger charge is -2.13. The van der Waals surface area contributed by atoms with Crippen molar-refractivity contribution in [2.75, 3.05) is 0 Å². The first-order chi connectivity index (χ1) is 26.9. The molecule has 0 aliphatic rings. The number of aromatic nitrogens is 4. The summed E-state index contributed by atoms with van der Waals surface area (Å²) in [6, 6.07) is 45.7. The van der Waals surface area contributed by atoms with Gasteiger partial charge in [-0.2, -0.15) is 0 Å². The van der Waals surface area contributed by atoms with Crippen molar-refractivity contribution in [1.29, 1.82) is 0 Å². The highest BCUT2D eigenvalue weighted by atomic mass is 16.4. The maximum atomic E-state index is 10.9. The molecule has 0 radical (unpaired) electrons. The zero-order valence-corrected chi connectivity index (χ0v) is 28.7. The molecule has 0 aliphatic heterocycles. The molecule has 5 N–H and O–H groups in total. The van der Waals surface area contributed by atoms with Gasteiger partial charge in [-0.3, -0.25) is 0 Å². The van der Waals surface area contributed by atoms with Crippen LogP contribution in [0, 0.1) is 0 Å². The monoisotopic (exact) mass is 720 g/mol. The van der Waals surface area contributed by atoms with Crippen LogP contribution in [0.4, 0.5) is 0 Å². The predicted molar refractivity (Wildman–Crippen MR) is 212 cm³/mol. The number of benzene rings is 7. The minimum absolute atomic E-state index is 0.130. The number of aromatic hydroxyl groups is 5. The van der Waals surface area contributed by atoms with E-state index in [-0.39, 0.29) is 17.5 Å². The van der Waals surface area contributed by atoms with Gasteiger partial charge < -0.3 is 34.5 Å². The van der Waals surface area contributed by atoms with E-state index >= 15 is 0 Å². The van der Waals surface area contributed by atoms with Crippen LogP contribution < -0.4 is 0 Å². The van der Waals surface area contributed by atoms with Crippen LogP contribution >= 0.6 is 0 Å². The molecule has 0 bridgehead atoms. The summed E-state index contributed by atoms with van der Waals surface area (Å²) >= 11 is 0. The summed E-state index contributed by atoms with van der Waals surface area (Å²) in [5.41, 5.74) is 6.95. The first kappa shape index (κ1) is 31.9. The smallest absolute Gasteiger partial charge is 0.208 e. The summed E-state index contributed by atoms with van der Waals surface area (Å²) in [4.78, 5) is 14.0. The molecular weight excluding hydrogens is 693 g/mol. The third-order valence-corrected chi connectivity index (χ3v) is 10.0. The maximum Gasteiger partial charge on any atom is 0.208 e. The highest BCUT2D eigenvalue weighted by molar-refractivity contribution is 6.18. The van der Waals surface area contributed by atoms with E-state index in [9.17, 15) is 25.5 Å². The number of hydrogen-bond donors (Lipinski definition) is 5. The molecule has 0 aliphatic carbocycles.